The van der Waals surface area contributed by atoms with Crippen LogP contribution in [-0.2, 0) is 4.79 Å². The van der Waals surface area contributed by atoms with Crippen LogP contribution in [0.4, 0.5) is 0 Å². The largest absolute Gasteiger partial charge is 0.481 e. The first-order valence-corrected chi connectivity index (χ1v) is 5.00. The normalized spacial score (nSPS) is 12.8. The monoisotopic (exact) mass is 193 g/mol. The van der Waals surface area contributed by atoms with Gasteiger partial charge in [-0.2, -0.15) is 11.8 Å². The van der Waals surface area contributed by atoms with Gasteiger partial charge in [-0.25, -0.2) is 0 Å². The average molecular weight is 193 g/mol. The van der Waals surface area contributed by atoms with Crippen LogP contribution in [0.3, 0.4) is 0 Å². The standard InChI is InChI=1S/C7H15NO3S/c8-2-1-3-12-5-6(9)4-7(10)11/h6,9H,1-5,8H2,(H,10,11). The van der Waals surface area contributed by atoms with Crippen LogP contribution in [-0.4, -0.2) is 40.3 Å². The van der Waals surface area contributed by atoms with Gasteiger partial charge < -0.3 is 15.9 Å². The van der Waals surface area contributed by atoms with E-state index in [0.717, 1.165) is 12.2 Å². The molecule has 0 aliphatic rings. The Morgan fingerprint density at radius 1 is 1.58 bits per heavy atom. The van der Waals surface area contributed by atoms with Crippen LogP contribution in [0.5, 0.6) is 0 Å². The van der Waals surface area contributed by atoms with Crippen molar-refractivity contribution in [2.24, 2.45) is 5.73 Å². The molecule has 1 unspecified atom stereocenters. The van der Waals surface area contributed by atoms with Crippen molar-refractivity contribution in [3.63, 3.8) is 0 Å². The molecule has 0 fully saturated rings. The third-order valence-corrected chi connectivity index (χ3v) is 2.41. The van der Waals surface area contributed by atoms with Gasteiger partial charge >= 0.3 is 5.97 Å². The molecule has 0 heterocycles. The molecule has 0 spiro atoms. The van der Waals surface area contributed by atoms with Crippen LogP contribution in [0.25, 0.3) is 0 Å². The van der Waals surface area contributed by atoms with E-state index in [9.17, 15) is 4.79 Å². The molecule has 0 bridgehead atoms. The Bertz CT molecular complexity index is 132. The van der Waals surface area contributed by atoms with E-state index in [1.165, 1.54) is 11.8 Å². The molecule has 0 saturated heterocycles. The zero-order valence-corrected chi connectivity index (χ0v) is 7.72. The van der Waals surface area contributed by atoms with Gasteiger partial charge in [-0.3, -0.25) is 4.79 Å². The first kappa shape index (κ1) is 11.7. The predicted molar refractivity (Wildman–Crippen MR) is 49.3 cm³/mol. The number of aliphatic hydroxyl groups is 1. The van der Waals surface area contributed by atoms with E-state index in [-0.39, 0.29) is 6.42 Å². The lowest BCUT2D eigenvalue weighted by atomic mass is 10.3. The van der Waals surface area contributed by atoms with Gasteiger partial charge in [0, 0.05) is 5.75 Å². The van der Waals surface area contributed by atoms with Crippen LogP contribution in [0.15, 0.2) is 0 Å². The Kier molecular flexibility index (Phi) is 7.23. The summed E-state index contributed by atoms with van der Waals surface area (Å²) in [4.78, 5) is 10.1. The molecule has 0 amide bonds. The molecule has 12 heavy (non-hydrogen) atoms. The highest BCUT2D eigenvalue weighted by Crippen LogP contribution is 2.06. The molecule has 0 aliphatic carbocycles. The van der Waals surface area contributed by atoms with Gasteiger partial charge in [-0.05, 0) is 18.7 Å². The molecule has 0 aliphatic heterocycles. The quantitative estimate of drug-likeness (QED) is 0.492. The third-order valence-electron chi connectivity index (χ3n) is 1.21. The van der Waals surface area contributed by atoms with Crippen LogP contribution in [0.2, 0.25) is 0 Å². The van der Waals surface area contributed by atoms with E-state index in [0.29, 0.717) is 12.3 Å². The number of aliphatic hydroxyl groups excluding tert-OH is 1. The second-order valence-corrected chi connectivity index (χ2v) is 3.62. The SMILES string of the molecule is NCCCSCC(O)CC(=O)O. The summed E-state index contributed by atoms with van der Waals surface area (Å²) in [5, 5.41) is 17.4. The van der Waals surface area contributed by atoms with Crippen LogP contribution in [0.1, 0.15) is 12.8 Å². The molecular weight excluding hydrogens is 178 g/mol. The van der Waals surface area contributed by atoms with Crippen molar-refractivity contribution in [3.8, 4) is 0 Å². The van der Waals surface area contributed by atoms with Gasteiger partial charge in [0.1, 0.15) is 0 Å². The third kappa shape index (κ3) is 7.84. The van der Waals surface area contributed by atoms with E-state index in [1.807, 2.05) is 0 Å². The number of rotatable bonds is 7. The molecular formula is C7H15NO3S. The lowest BCUT2D eigenvalue weighted by Gasteiger charge is -2.06. The number of hydrogen-bond donors (Lipinski definition) is 3. The van der Waals surface area contributed by atoms with Crippen molar-refractivity contribution in [2.75, 3.05) is 18.1 Å². The van der Waals surface area contributed by atoms with Crippen LogP contribution < -0.4 is 5.73 Å². The molecule has 0 saturated carbocycles. The van der Waals surface area contributed by atoms with Crippen LogP contribution in [0, 0.1) is 0 Å². The zero-order valence-electron chi connectivity index (χ0n) is 6.90. The molecule has 0 aromatic heterocycles. The van der Waals surface area contributed by atoms with Crippen LogP contribution >= 0.6 is 11.8 Å². The minimum absolute atomic E-state index is 0.171. The van der Waals surface area contributed by atoms with E-state index in [4.69, 9.17) is 15.9 Å². The first-order chi connectivity index (χ1) is 5.66. The summed E-state index contributed by atoms with van der Waals surface area (Å²) in [5.41, 5.74) is 5.26. The lowest BCUT2D eigenvalue weighted by Crippen LogP contribution is -2.15. The smallest absolute Gasteiger partial charge is 0.306 e. The molecule has 1 atom stereocenters. The fourth-order valence-corrected chi connectivity index (χ4v) is 1.59. The number of carboxylic acids is 1. The fourth-order valence-electron chi connectivity index (χ4n) is 0.665. The second-order valence-electron chi connectivity index (χ2n) is 2.47. The maximum atomic E-state index is 10.1. The van der Waals surface area contributed by atoms with Crippen molar-refractivity contribution in [1.29, 1.82) is 0 Å². The minimum Gasteiger partial charge on any atom is -0.481 e. The number of hydrogen-bond acceptors (Lipinski definition) is 4. The number of thioether (sulfide) groups is 1. The van der Waals surface area contributed by atoms with Gasteiger partial charge in [0.25, 0.3) is 0 Å². The number of carbonyl (C=O) groups is 1. The van der Waals surface area contributed by atoms with Gasteiger partial charge in [0.05, 0.1) is 12.5 Å². The molecule has 0 aromatic rings. The summed E-state index contributed by atoms with van der Waals surface area (Å²) in [7, 11) is 0. The molecule has 5 heteroatoms. The molecule has 4 N–H and O–H groups in total. The summed E-state index contributed by atoms with van der Waals surface area (Å²) >= 11 is 1.53. The zero-order chi connectivity index (χ0) is 9.40. The van der Waals surface area contributed by atoms with E-state index in [2.05, 4.69) is 0 Å². The first-order valence-electron chi connectivity index (χ1n) is 3.84. The Morgan fingerprint density at radius 2 is 2.25 bits per heavy atom. The van der Waals surface area contributed by atoms with Crippen molar-refractivity contribution in [2.45, 2.75) is 18.9 Å². The van der Waals surface area contributed by atoms with E-state index >= 15 is 0 Å². The summed E-state index contributed by atoms with van der Waals surface area (Å²) < 4.78 is 0. The van der Waals surface area contributed by atoms with Gasteiger partial charge in [-0.15, -0.1) is 0 Å². The van der Waals surface area contributed by atoms with Gasteiger partial charge in [0.15, 0.2) is 0 Å². The molecule has 0 rings (SSSR count). The summed E-state index contributed by atoms with van der Waals surface area (Å²) in [6.45, 7) is 0.641. The average Bonchev–Trinajstić information content (AvgIpc) is 1.97. The van der Waals surface area contributed by atoms with E-state index in [1.54, 1.807) is 0 Å². The minimum atomic E-state index is -0.957. The Balaban J connectivity index is 3.19. The number of aliphatic carboxylic acids is 1. The van der Waals surface area contributed by atoms with Gasteiger partial charge in [0.2, 0.25) is 0 Å². The van der Waals surface area contributed by atoms with Crippen molar-refractivity contribution < 1.29 is 15.0 Å². The molecule has 72 valence electrons. The fraction of sp³-hybridized carbons (Fsp3) is 0.857. The Labute approximate surface area is 76.1 Å². The predicted octanol–water partition coefficient (Wildman–Crippen LogP) is -0.0960. The maximum absolute atomic E-state index is 10.1. The summed E-state index contributed by atoms with van der Waals surface area (Å²) in [6, 6.07) is 0. The highest BCUT2D eigenvalue weighted by atomic mass is 32.2. The lowest BCUT2D eigenvalue weighted by molar-refractivity contribution is -0.138. The van der Waals surface area contributed by atoms with Crippen molar-refractivity contribution >= 4 is 17.7 Å². The molecule has 0 aromatic carbocycles. The highest BCUT2D eigenvalue weighted by molar-refractivity contribution is 7.99. The summed E-state index contributed by atoms with van der Waals surface area (Å²) in [6.07, 6.45) is 0.00497. The molecule has 4 nitrogen and oxygen atoms in total. The van der Waals surface area contributed by atoms with Gasteiger partial charge in [-0.1, -0.05) is 0 Å². The van der Waals surface area contributed by atoms with Crippen molar-refractivity contribution in [3.05, 3.63) is 0 Å². The number of carboxylic acid groups (broad SMARTS) is 1. The topological polar surface area (TPSA) is 83.5 Å². The Hall–Kier alpha value is -0.260. The maximum Gasteiger partial charge on any atom is 0.306 e. The second kappa shape index (κ2) is 7.39. The number of nitrogens with two attached hydrogens (primary N) is 1. The van der Waals surface area contributed by atoms with Crippen molar-refractivity contribution in [1.82, 2.24) is 0 Å². The Morgan fingerprint density at radius 3 is 2.75 bits per heavy atom. The molecule has 0 radical (unpaired) electrons. The summed E-state index contributed by atoms with van der Waals surface area (Å²) in [5.74, 6) is 0.404. The van der Waals surface area contributed by atoms with E-state index < -0.39 is 12.1 Å². The highest BCUT2D eigenvalue weighted by Gasteiger charge is 2.08.